The third-order valence-electron chi connectivity index (χ3n) is 3.49. The zero-order valence-corrected chi connectivity index (χ0v) is 16.3. The molecule has 2 nitrogen and oxygen atoms in total. The van der Waals surface area contributed by atoms with Crippen molar-refractivity contribution in [2.75, 3.05) is 11.9 Å². The quantitative estimate of drug-likeness (QED) is 0.681. The van der Waals surface area contributed by atoms with Crippen molar-refractivity contribution in [2.24, 2.45) is 5.73 Å². The molecule has 0 radical (unpaired) electrons. The van der Waals surface area contributed by atoms with E-state index in [-0.39, 0.29) is 6.04 Å². The molecular weight excluding hydrogens is 412 g/mol. The van der Waals surface area contributed by atoms with Crippen LogP contribution < -0.4 is 10.6 Å². The van der Waals surface area contributed by atoms with Crippen molar-refractivity contribution in [3.05, 3.63) is 49.0 Å². The van der Waals surface area contributed by atoms with E-state index in [1.165, 1.54) is 20.6 Å². The topological polar surface area (TPSA) is 29.3 Å². The summed E-state index contributed by atoms with van der Waals surface area (Å²) in [5, 5.41) is 2.18. The summed E-state index contributed by atoms with van der Waals surface area (Å²) in [4.78, 5) is 2.25. The Bertz CT molecular complexity index is 598. The Labute approximate surface area is 147 Å². The van der Waals surface area contributed by atoms with Crippen molar-refractivity contribution in [1.29, 1.82) is 0 Å². The predicted octanol–water partition coefficient (Wildman–Crippen LogP) is 5.19. The van der Waals surface area contributed by atoms with E-state index in [9.17, 15) is 0 Å². The van der Waals surface area contributed by atoms with Crippen molar-refractivity contribution < 1.29 is 0 Å². The van der Waals surface area contributed by atoms with Crippen molar-refractivity contribution >= 4 is 48.9 Å². The predicted molar refractivity (Wildman–Crippen MR) is 100 cm³/mol. The van der Waals surface area contributed by atoms with Crippen LogP contribution in [-0.2, 0) is 13.0 Å². The van der Waals surface area contributed by atoms with E-state index in [0.717, 1.165) is 23.9 Å². The third kappa shape index (κ3) is 4.81. The Morgan fingerprint density at radius 1 is 1.24 bits per heavy atom. The standard InChI is InChI=1S/C16H20Br2N2S/c1-3-13(19)6-11-4-5-15(14(17)7-11)20(2)9-12-8-16(18)21-10-12/h4-5,7-8,10,13H,3,6,9,19H2,1-2H3. The molecule has 0 saturated carbocycles. The lowest BCUT2D eigenvalue weighted by Crippen LogP contribution is -2.21. The second kappa shape index (κ2) is 7.77. The van der Waals surface area contributed by atoms with Gasteiger partial charge in [0.15, 0.2) is 0 Å². The largest absolute Gasteiger partial charge is 0.369 e. The van der Waals surface area contributed by atoms with E-state index >= 15 is 0 Å². The molecule has 1 aromatic heterocycles. The number of hydrogen-bond donors (Lipinski definition) is 1. The van der Waals surface area contributed by atoms with Gasteiger partial charge in [0.1, 0.15) is 0 Å². The molecule has 0 aliphatic heterocycles. The fourth-order valence-corrected chi connectivity index (χ4v) is 4.15. The maximum atomic E-state index is 6.03. The molecule has 0 amide bonds. The van der Waals surface area contributed by atoms with Crippen molar-refractivity contribution in [2.45, 2.75) is 32.4 Å². The lowest BCUT2D eigenvalue weighted by molar-refractivity contribution is 0.646. The van der Waals surface area contributed by atoms with Crippen LogP contribution >= 0.6 is 43.2 Å². The Morgan fingerprint density at radius 2 is 2.00 bits per heavy atom. The van der Waals surface area contributed by atoms with Crippen molar-refractivity contribution in [1.82, 2.24) is 0 Å². The molecule has 0 fully saturated rings. The maximum absolute atomic E-state index is 6.03. The summed E-state index contributed by atoms with van der Waals surface area (Å²) in [5.74, 6) is 0. The first-order chi connectivity index (χ1) is 9.99. The molecule has 0 bridgehead atoms. The number of hydrogen-bond acceptors (Lipinski definition) is 3. The molecule has 2 aromatic rings. The fourth-order valence-electron chi connectivity index (χ4n) is 2.22. The summed E-state index contributed by atoms with van der Waals surface area (Å²) in [6, 6.07) is 8.94. The van der Waals surface area contributed by atoms with Gasteiger partial charge in [-0.15, -0.1) is 11.3 Å². The minimum atomic E-state index is 0.239. The number of nitrogens with zero attached hydrogens (tertiary/aromatic N) is 1. The Hall–Kier alpha value is -0.360. The number of benzene rings is 1. The van der Waals surface area contributed by atoms with E-state index in [1.54, 1.807) is 11.3 Å². The van der Waals surface area contributed by atoms with Crippen LogP contribution in [0.4, 0.5) is 5.69 Å². The summed E-state index contributed by atoms with van der Waals surface area (Å²) < 4.78 is 2.30. The minimum absolute atomic E-state index is 0.239. The lowest BCUT2D eigenvalue weighted by atomic mass is 10.0. The summed E-state index contributed by atoms with van der Waals surface area (Å²) in [7, 11) is 2.11. The molecule has 1 unspecified atom stereocenters. The van der Waals surface area contributed by atoms with Crippen molar-refractivity contribution in [3.8, 4) is 0 Å². The molecule has 2 rings (SSSR count). The van der Waals surface area contributed by atoms with Gasteiger partial charge in [0.05, 0.1) is 9.47 Å². The maximum Gasteiger partial charge on any atom is 0.0701 e. The highest BCUT2D eigenvalue weighted by molar-refractivity contribution is 9.11. The number of thiophene rings is 1. The van der Waals surface area contributed by atoms with Crippen LogP contribution in [0.1, 0.15) is 24.5 Å². The smallest absolute Gasteiger partial charge is 0.0701 e. The van der Waals surface area contributed by atoms with Gasteiger partial charge >= 0.3 is 0 Å². The van der Waals surface area contributed by atoms with Gasteiger partial charge in [0, 0.05) is 24.1 Å². The minimum Gasteiger partial charge on any atom is -0.369 e. The lowest BCUT2D eigenvalue weighted by Gasteiger charge is -2.21. The number of rotatable bonds is 6. The Kier molecular flexibility index (Phi) is 6.29. The average molecular weight is 432 g/mol. The van der Waals surface area contributed by atoms with E-state index in [0.29, 0.717) is 0 Å². The van der Waals surface area contributed by atoms with Gasteiger partial charge in [-0.05, 0) is 79.4 Å². The first-order valence-corrected chi connectivity index (χ1v) is 9.44. The monoisotopic (exact) mass is 430 g/mol. The molecule has 0 spiro atoms. The second-order valence-corrected chi connectivity index (χ2v) is 8.42. The van der Waals surface area contributed by atoms with Gasteiger partial charge in [-0.1, -0.05) is 13.0 Å². The van der Waals surface area contributed by atoms with Gasteiger partial charge in [0.2, 0.25) is 0 Å². The second-order valence-electron chi connectivity index (χ2n) is 5.27. The number of halogens is 2. The molecule has 0 saturated heterocycles. The van der Waals surface area contributed by atoms with Gasteiger partial charge in [-0.3, -0.25) is 0 Å². The Balaban J connectivity index is 2.09. The summed E-state index contributed by atoms with van der Waals surface area (Å²) in [6.07, 6.45) is 1.93. The fraction of sp³-hybridized carbons (Fsp3) is 0.375. The number of anilines is 1. The van der Waals surface area contributed by atoms with Crippen molar-refractivity contribution in [3.63, 3.8) is 0 Å². The van der Waals surface area contributed by atoms with Crippen LogP contribution in [-0.4, -0.2) is 13.1 Å². The first-order valence-electron chi connectivity index (χ1n) is 6.97. The van der Waals surface area contributed by atoms with E-state index in [1.807, 2.05) is 0 Å². The first kappa shape index (κ1) is 17.0. The molecule has 1 heterocycles. The molecule has 21 heavy (non-hydrogen) atoms. The molecule has 1 atom stereocenters. The van der Waals surface area contributed by atoms with E-state index < -0.39 is 0 Å². The summed E-state index contributed by atoms with van der Waals surface area (Å²) >= 11 is 8.92. The van der Waals surface area contributed by atoms with Crippen LogP contribution in [0.5, 0.6) is 0 Å². The van der Waals surface area contributed by atoms with Crippen LogP contribution in [0.3, 0.4) is 0 Å². The Morgan fingerprint density at radius 3 is 2.57 bits per heavy atom. The average Bonchev–Trinajstić information content (AvgIpc) is 2.83. The molecule has 2 N–H and O–H groups in total. The van der Waals surface area contributed by atoms with Crippen LogP contribution in [0.25, 0.3) is 0 Å². The highest BCUT2D eigenvalue weighted by Crippen LogP contribution is 2.29. The molecule has 0 aliphatic carbocycles. The summed E-state index contributed by atoms with van der Waals surface area (Å²) in [5.41, 5.74) is 9.83. The normalized spacial score (nSPS) is 12.4. The zero-order chi connectivity index (χ0) is 15.4. The van der Waals surface area contributed by atoms with Crippen LogP contribution in [0.2, 0.25) is 0 Å². The molecule has 5 heteroatoms. The summed E-state index contributed by atoms with van der Waals surface area (Å²) in [6.45, 7) is 3.02. The molecular formula is C16H20Br2N2S. The van der Waals surface area contributed by atoms with E-state index in [4.69, 9.17) is 5.73 Å². The van der Waals surface area contributed by atoms with Gasteiger partial charge in [-0.2, -0.15) is 0 Å². The SMILES string of the molecule is CCC(N)Cc1ccc(N(C)Cc2csc(Br)c2)c(Br)c1. The molecule has 0 aliphatic rings. The number of nitrogens with two attached hydrogens (primary N) is 1. The van der Waals surface area contributed by atoms with Gasteiger partial charge in [0.25, 0.3) is 0 Å². The van der Waals surface area contributed by atoms with Crippen LogP contribution in [0.15, 0.2) is 37.9 Å². The van der Waals surface area contributed by atoms with E-state index in [2.05, 4.69) is 80.4 Å². The van der Waals surface area contributed by atoms with Gasteiger partial charge < -0.3 is 10.6 Å². The zero-order valence-electron chi connectivity index (χ0n) is 12.3. The highest BCUT2D eigenvalue weighted by atomic mass is 79.9. The molecule has 1 aromatic carbocycles. The highest BCUT2D eigenvalue weighted by Gasteiger charge is 2.10. The molecule has 114 valence electrons. The third-order valence-corrected chi connectivity index (χ3v) is 5.68. The van der Waals surface area contributed by atoms with Gasteiger partial charge in [-0.25, -0.2) is 0 Å². The van der Waals surface area contributed by atoms with Crippen LogP contribution in [0, 0.1) is 0 Å².